The van der Waals surface area contributed by atoms with Gasteiger partial charge in [-0.3, -0.25) is 9.69 Å². The molecule has 0 aliphatic carbocycles. The Hall–Kier alpha value is -1.75. The summed E-state index contributed by atoms with van der Waals surface area (Å²) in [4.78, 5) is 16.8. The molecule has 136 valence electrons. The molecule has 27 heavy (non-hydrogen) atoms. The molecule has 4 nitrogen and oxygen atoms in total. The maximum atomic E-state index is 12.9. The molecule has 0 radical (unpaired) electrons. The molecule has 1 saturated heterocycles. The molecule has 1 fully saturated rings. The highest BCUT2D eigenvalue weighted by atomic mass is 79.9. The van der Waals surface area contributed by atoms with E-state index in [-0.39, 0.29) is 11.8 Å². The van der Waals surface area contributed by atoms with E-state index in [1.54, 1.807) is 16.7 Å². The van der Waals surface area contributed by atoms with Crippen molar-refractivity contribution in [3.63, 3.8) is 0 Å². The summed E-state index contributed by atoms with van der Waals surface area (Å²) in [6.07, 6.45) is 0.317. The monoisotopic (exact) mass is 503 g/mol. The summed E-state index contributed by atoms with van der Waals surface area (Å²) in [5, 5.41) is 10.6. The molecule has 0 spiro atoms. The fourth-order valence-corrected chi connectivity index (χ4v) is 5.23. The Morgan fingerprint density at radius 3 is 2.59 bits per heavy atom. The first-order valence-corrected chi connectivity index (χ1v) is 11.0. The second kappa shape index (κ2) is 7.70. The summed E-state index contributed by atoms with van der Waals surface area (Å²) in [5.41, 5.74) is 2.75. The number of nitrogens with zero attached hydrogens (tertiary/aromatic N) is 3. The van der Waals surface area contributed by atoms with E-state index >= 15 is 0 Å². The third-order valence-corrected chi connectivity index (χ3v) is 6.91. The van der Waals surface area contributed by atoms with Gasteiger partial charge >= 0.3 is 0 Å². The van der Waals surface area contributed by atoms with Gasteiger partial charge in [0.25, 0.3) is 0 Å². The molecule has 1 amide bonds. The van der Waals surface area contributed by atoms with Crippen LogP contribution >= 0.6 is 43.6 Å². The number of thioether (sulfide) groups is 1. The first-order chi connectivity index (χ1) is 13.1. The van der Waals surface area contributed by atoms with Crippen molar-refractivity contribution in [3.05, 3.63) is 73.6 Å². The Morgan fingerprint density at radius 2 is 1.89 bits per heavy atom. The van der Waals surface area contributed by atoms with Gasteiger partial charge in [0.1, 0.15) is 0 Å². The van der Waals surface area contributed by atoms with Crippen LogP contribution in [0.4, 0.5) is 5.69 Å². The number of rotatable bonds is 2. The van der Waals surface area contributed by atoms with Crippen LogP contribution in [0.2, 0.25) is 0 Å². The van der Waals surface area contributed by atoms with Crippen molar-refractivity contribution in [2.45, 2.75) is 12.3 Å². The predicted octanol–water partition coefficient (Wildman–Crippen LogP) is 5.43. The molecule has 2 heterocycles. The van der Waals surface area contributed by atoms with Crippen LogP contribution in [0.25, 0.3) is 0 Å². The van der Waals surface area contributed by atoms with Gasteiger partial charge in [0, 0.05) is 27.0 Å². The predicted molar refractivity (Wildman–Crippen MR) is 115 cm³/mol. The zero-order valence-corrected chi connectivity index (χ0v) is 18.2. The highest BCUT2D eigenvalue weighted by molar-refractivity contribution is 9.10. The van der Waals surface area contributed by atoms with Gasteiger partial charge in [0.2, 0.25) is 5.91 Å². The number of nitriles is 1. The van der Waals surface area contributed by atoms with E-state index < -0.39 is 0 Å². The van der Waals surface area contributed by atoms with Crippen molar-refractivity contribution in [1.82, 2.24) is 4.90 Å². The van der Waals surface area contributed by atoms with Gasteiger partial charge in [-0.1, -0.05) is 55.8 Å². The van der Waals surface area contributed by atoms with Crippen molar-refractivity contribution in [3.8, 4) is 6.07 Å². The summed E-state index contributed by atoms with van der Waals surface area (Å²) in [5.74, 6) is 0.582. The van der Waals surface area contributed by atoms with Crippen molar-refractivity contribution in [2.24, 2.45) is 0 Å². The molecule has 1 atom stereocenters. The first-order valence-electron chi connectivity index (χ1n) is 8.40. The molecule has 2 aromatic carbocycles. The van der Waals surface area contributed by atoms with E-state index in [0.29, 0.717) is 24.5 Å². The highest BCUT2D eigenvalue weighted by Crippen LogP contribution is 2.43. The third kappa shape index (κ3) is 3.66. The summed E-state index contributed by atoms with van der Waals surface area (Å²) in [7, 11) is 0. The van der Waals surface area contributed by atoms with Crippen LogP contribution in [0.15, 0.2) is 68.1 Å². The minimum absolute atomic E-state index is 0.0586. The standard InChI is InChI=1S/C20H15Br2N3OS/c21-14-4-6-16(7-5-14)24-11-25-19(26)9-17(13-2-1-3-15(22)8-13)18(10-23)20(25)27-12-24/h1-8,17H,9,11-12H2/t17-/m1/s1. The number of hydrogen-bond donors (Lipinski definition) is 0. The highest BCUT2D eigenvalue weighted by Gasteiger charge is 2.38. The molecular weight excluding hydrogens is 490 g/mol. The number of allylic oxidation sites excluding steroid dienone is 1. The number of carbonyl (C=O) groups is 1. The average molecular weight is 505 g/mol. The number of benzene rings is 2. The Balaban J connectivity index is 1.66. The quantitative estimate of drug-likeness (QED) is 0.547. The van der Waals surface area contributed by atoms with Crippen LogP contribution in [-0.2, 0) is 4.79 Å². The van der Waals surface area contributed by atoms with Crippen LogP contribution < -0.4 is 4.90 Å². The van der Waals surface area contributed by atoms with E-state index in [4.69, 9.17) is 0 Å². The van der Waals surface area contributed by atoms with Crippen molar-refractivity contribution in [1.29, 1.82) is 5.26 Å². The van der Waals surface area contributed by atoms with Gasteiger partial charge in [0.15, 0.2) is 0 Å². The zero-order valence-electron chi connectivity index (χ0n) is 14.2. The summed E-state index contributed by atoms with van der Waals surface area (Å²) in [6, 6.07) is 18.3. The van der Waals surface area contributed by atoms with Crippen LogP contribution in [0.5, 0.6) is 0 Å². The second-order valence-electron chi connectivity index (χ2n) is 6.40. The molecule has 0 unspecified atom stereocenters. The largest absolute Gasteiger partial charge is 0.344 e. The Morgan fingerprint density at radius 1 is 1.11 bits per heavy atom. The molecular formula is C20H15Br2N3OS. The number of fused-ring (bicyclic) bond motifs is 1. The topological polar surface area (TPSA) is 47.3 Å². The first kappa shape index (κ1) is 18.6. The van der Waals surface area contributed by atoms with Gasteiger partial charge in [-0.2, -0.15) is 5.26 Å². The van der Waals surface area contributed by atoms with E-state index in [1.165, 1.54) is 0 Å². The SMILES string of the molecule is N#CC1=C2SCN(c3ccc(Br)cc3)CN2C(=O)C[C@@H]1c1cccc(Br)c1. The van der Waals surface area contributed by atoms with Crippen molar-refractivity contribution >= 4 is 55.2 Å². The fourth-order valence-electron chi connectivity index (χ4n) is 3.39. The minimum atomic E-state index is -0.182. The molecule has 0 aromatic heterocycles. The van der Waals surface area contributed by atoms with Gasteiger partial charge in [-0.25, -0.2) is 0 Å². The van der Waals surface area contributed by atoms with Gasteiger partial charge < -0.3 is 4.90 Å². The smallest absolute Gasteiger partial charge is 0.229 e. The third-order valence-electron chi connectivity index (χ3n) is 4.74. The summed E-state index contributed by atoms with van der Waals surface area (Å²) >= 11 is 8.49. The van der Waals surface area contributed by atoms with Gasteiger partial charge in [-0.15, -0.1) is 0 Å². The number of anilines is 1. The molecule has 2 aliphatic rings. The number of hydrogen-bond acceptors (Lipinski definition) is 4. The normalized spacial score (nSPS) is 19.7. The van der Waals surface area contributed by atoms with E-state index in [9.17, 15) is 10.1 Å². The number of amides is 1. The second-order valence-corrected chi connectivity index (χ2v) is 9.16. The van der Waals surface area contributed by atoms with Crippen LogP contribution in [0.3, 0.4) is 0 Å². The zero-order chi connectivity index (χ0) is 19.0. The fraction of sp³-hybridized carbons (Fsp3) is 0.200. The van der Waals surface area contributed by atoms with Crippen LogP contribution in [0, 0.1) is 11.3 Å². The van der Waals surface area contributed by atoms with E-state index in [1.807, 2.05) is 48.5 Å². The maximum Gasteiger partial charge on any atom is 0.229 e. The lowest BCUT2D eigenvalue weighted by Crippen LogP contribution is -2.47. The van der Waals surface area contributed by atoms with Crippen LogP contribution in [0.1, 0.15) is 17.9 Å². The molecule has 0 bridgehead atoms. The molecule has 0 saturated carbocycles. The van der Waals surface area contributed by atoms with Crippen LogP contribution in [-0.4, -0.2) is 23.4 Å². The Bertz CT molecular complexity index is 968. The number of halogens is 2. The lowest BCUT2D eigenvalue weighted by atomic mass is 9.86. The Kier molecular flexibility index (Phi) is 5.31. The van der Waals surface area contributed by atoms with E-state index in [0.717, 1.165) is 25.2 Å². The molecule has 2 aromatic rings. The summed E-state index contributed by atoms with van der Waals surface area (Å²) < 4.78 is 1.98. The molecule has 4 rings (SSSR count). The lowest BCUT2D eigenvalue weighted by Gasteiger charge is -2.42. The van der Waals surface area contributed by atoms with Crippen molar-refractivity contribution in [2.75, 3.05) is 17.4 Å². The van der Waals surface area contributed by atoms with Gasteiger partial charge in [0.05, 0.1) is 29.2 Å². The minimum Gasteiger partial charge on any atom is -0.344 e. The van der Waals surface area contributed by atoms with Crippen molar-refractivity contribution < 1.29 is 4.79 Å². The Labute approximate surface area is 179 Å². The number of carbonyl (C=O) groups excluding carboxylic acids is 1. The van der Waals surface area contributed by atoms with Gasteiger partial charge in [-0.05, 0) is 42.0 Å². The lowest BCUT2D eigenvalue weighted by molar-refractivity contribution is -0.129. The average Bonchev–Trinajstić information content (AvgIpc) is 2.68. The molecule has 2 aliphatic heterocycles. The molecule has 0 N–H and O–H groups in total. The molecule has 7 heteroatoms. The summed E-state index contributed by atoms with van der Waals surface area (Å²) in [6.45, 7) is 0.471. The van der Waals surface area contributed by atoms with E-state index in [2.05, 4.69) is 42.8 Å². The maximum absolute atomic E-state index is 12.9.